The van der Waals surface area contributed by atoms with Crippen molar-refractivity contribution in [3.05, 3.63) is 35.9 Å². The number of hydrogen-bond donors (Lipinski definition) is 5. The van der Waals surface area contributed by atoms with Gasteiger partial charge in [0, 0.05) is 0 Å². The summed E-state index contributed by atoms with van der Waals surface area (Å²) < 4.78 is 0. The molecule has 1 aromatic rings. The fourth-order valence-corrected chi connectivity index (χ4v) is 0.886. The molecule has 0 amide bonds. The van der Waals surface area contributed by atoms with Gasteiger partial charge in [0.15, 0.2) is 5.60 Å². The Balaban J connectivity index is 0.000000487. The zero-order chi connectivity index (χ0) is 12.8. The predicted octanol–water partition coefficient (Wildman–Crippen LogP) is 0.169. The van der Waals surface area contributed by atoms with E-state index in [1.807, 2.05) is 0 Å². The molecule has 0 fully saturated rings. The lowest BCUT2D eigenvalue weighted by Gasteiger charge is -2.17. The number of carboxylic acids is 1. The number of carboxylic acid groups (broad SMARTS) is 1. The van der Waals surface area contributed by atoms with Crippen LogP contribution >= 0.6 is 8.60 Å². The fraction of sp³-hybridized carbons (Fsp3) is 0.222. The monoisotopic (exact) mass is 248 g/mol. The van der Waals surface area contributed by atoms with Gasteiger partial charge < -0.3 is 24.9 Å². The van der Waals surface area contributed by atoms with Gasteiger partial charge in [-0.05, 0) is 12.5 Å². The summed E-state index contributed by atoms with van der Waals surface area (Å²) in [5, 5.41) is 18.1. The van der Waals surface area contributed by atoms with Crippen LogP contribution in [-0.2, 0) is 10.4 Å². The molecule has 1 atom stereocenters. The first-order valence-corrected chi connectivity index (χ1v) is 5.36. The molecule has 7 heteroatoms. The standard InChI is InChI=1S/C9H10O3.H3O3P/c1-9(12,8(10)11)7-5-3-2-4-6-7;1-4(2)3/h2-6,12H,1H3,(H,10,11);1-3H. The fourth-order valence-electron chi connectivity index (χ4n) is 0.886. The third-order valence-corrected chi connectivity index (χ3v) is 1.75. The minimum Gasteiger partial charge on any atom is -0.479 e. The summed E-state index contributed by atoms with van der Waals surface area (Å²) >= 11 is 0. The maximum atomic E-state index is 10.6. The van der Waals surface area contributed by atoms with E-state index in [1.54, 1.807) is 30.3 Å². The van der Waals surface area contributed by atoms with E-state index in [0.29, 0.717) is 5.56 Å². The van der Waals surface area contributed by atoms with E-state index in [2.05, 4.69) is 0 Å². The molecule has 1 unspecified atom stereocenters. The highest BCUT2D eigenvalue weighted by Gasteiger charge is 2.31. The van der Waals surface area contributed by atoms with E-state index in [-0.39, 0.29) is 0 Å². The normalized spacial score (nSPS) is 13.6. The van der Waals surface area contributed by atoms with Crippen LogP contribution in [0.2, 0.25) is 0 Å². The van der Waals surface area contributed by atoms with Crippen molar-refractivity contribution in [2.24, 2.45) is 0 Å². The van der Waals surface area contributed by atoms with E-state index < -0.39 is 20.2 Å². The van der Waals surface area contributed by atoms with Gasteiger partial charge in [0.2, 0.25) is 0 Å². The van der Waals surface area contributed by atoms with Crippen LogP contribution in [0, 0.1) is 0 Å². The van der Waals surface area contributed by atoms with Crippen LogP contribution in [0.3, 0.4) is 0 Å². The number of hydrogen-bond acceptors (Lipinski definition) is 5. The van der Waals surface area contributed by atoms with E-state index in [4.69, 9.17) is 19.8 Å². The molecule has 0 aliphatic carbocycles. The molecule has 0 aliphatic rings. The third kappa shape index (κ3) is 5.16. The van der Waals surface area contributed by atoms with Crippen molar-refractivity contribution in [1.82, 2.24) is 0 Å². The van der Waals surface area contributed by atoms with Crippen LogP contribution in [-0.4, -0.2) is 30.9 Å². The van der Waals surface area contributed by atoms with Crippen molar-refractivity contribution < 1.29 is 29.7 Å². The molecule has 0 aliphatic heterocycles. The lowest BCUT2D eigenvalue weighted by atomic mass is 9.97. The van der Waals surface area contributed by atoms with Crippen LogP contribution < -0.4 is 0 Å². The number of carbonyl (C=O) groups is 1. The zero-order valence-corrected chi connectivity index (χ0v) is 9.37. The lowest BCUT2D eigenvalue weighted by molar-refractivity contribution is -0.157. The van der Waals surface area contributed by atoms with Crippen molar-refractivity contribution in [2.75, 3.05) is 0 Å². The molecule has 1 rings (SSSR count). The van der Waals surface area contributed by atoms with Crippen molar-refractivity contribution in [3.8, 4) is 0 Å². The Morgan fingerprint density at radius 3 is 1.88 bits per heavy atom. The van der Waals surface area contributed by atoms with Gasteiger partial charge in [-0.2, -0.15) is 0 Å². The smallest absolute Gasteiger partial charge is 0.340 e. The minimum absolute atomic E-state index is 0.387. The molecule has 0 saturated carbocycles. The lowest BCUT2D eigenvalue weighted by Crippen LogP contribution is -2.31. The summed E-state index contributed by atoms with van der Waals surface area (Å²) in [6, 6.07) is 8.29. The molecule has 16 heavy (non-hydrogen) atoms. The maximum Gasteiger partial charge on any atom is 0.340 e. The average Bonchev–Trinajstić information content (AvgIpc) is 2.18. The Labute approximate surface area is 93.4 Å². The largest absolute Gasteiger partial charge is 0.479 e. The van der Waals surface area contributed by atoms with E-state index >= 15 is 0 Å². The molecule has 5 N–H and O–H groups in total. The van der Waals surface area contributed by atoms with Gasteiger partial charge in [-0.1, -0.05) is 30.3 Å². The highest BCUT2D eigenvalue weighted by molar-refractivity contribution is 7.38. The predicted molar refractivity (Wildman–Crippen MR) is 57.2 cm³/mol. The van der Waals surface area contributed by atoms with Gasteiger partial charge in [0.05, 0.1) is 0 Å². The van der Waals surface area contributed by atoms with E-state index in [9.17, 15) is 9.90 Å². The first-order chi connectivity index (χ1) is 7.28. The second kappa shape index (κ2) is 6.52. The third-order valence-electron chi connectivity index (χ3n) is 1.75. The number of benzene rings is 1. The molecule has 0 radical (unpaired) electrons. The molecular weight excluding hydrogens is 235 g/mol. The molecule has 0 spiro atoms. The van der Waals surface area contributed by atoms with Crippen molar-refractivity contribution >= 4 is 14.6 Å². The Morgan fingerprint density at radius 1 is 1.19 bits per heavy atom. The van der Waals surface area contributed by atoms with E-state index in [1.165, 1.54) is 6.92 Å². The molecule has 0 aromatic heterocycles. The zero-order valence-electron chi connectivity index (χ0n) is 8.48. The summed E-state index contributed by atoms with van der Waals surface area (Å²) in [4.78, 5) is 32.3. The second-order valence-corrected chi connectivity index (χ2v) is 3.55. The van der Waals surface area contributed by atoms with Gasteiger partial charge >= 0.3 is 14.6 Å². The molecule has 90 valence electrons. The Hall–Kier alpha value is -1.04. The molecule has 0 heterocycles. The quantitative estimate of drug-likeness (QED) is 0.476. The Bertz CT molecular complexity index is 321. The molecule has 6 nitrogen and oxygen atoms in total. The summed E-state index contributed by atoms with van der Waals surface area (Å²) in [5.41, 5.74) is -1.40. The molecule has 0 saturated heterocycles. The number of aliphatic hydroxyl groups is 1. The summed E-state index contributed by atoms with van der Waals surface area (Å²) in [5.74, 6) is -1.24. The van der Waals surface area contributed by atoms with Crippen LogP contribution in [0.4, 0.5) is 0 Å². The highest BCUT2D eigenvalue weighted by atomic mass is 31.2. The number of aliphatic carboxylic acids is 1. The van der Waals surface area contributed by atoms with Crippen molar-refractivity contribution in [2.45, 2.75) is 12.5 Å². The Kier molecular flexibility index (Phi) is 6.10. The second-order valence-electron chi connectivity index (χ2n) is 3.01. The van der Waals surface area contributed by atoms with Gasteiger partial charge in [0.1, 0.15) is 0 Å². The first kappa shape index (κ1) is 15.0. The van der Waals surface area contributed by atoms with Gasteiger partial charge in [-0.3, -0.25) is 0 Å². The van der Waals surface area contributed by atoms with Gasteiger partial charge in [0.25, 0.3) is 0 Å². The molecule has 0 bridgehead atoms. The van der Waals surface area contributed by atoms with Crippen LogP contribution in [0.15, 0.2) is 30.3 Å². The highest BCUT2D eigenvalue weighted by Crippen LogP contribution is 2.19. The topological polar surface area (TPSA) is 118 Å². The molecular formula is C9H13O6P. The number of rotatable bonds is 2. The van der Waals surface area contributed by atoms with Crippen LogP contribution in [0.1, 0.15) is 12.5 Å². The van der Waals surface area contributed by atoms with Crippen molar-refractivity contribution in [1.29, 1.82) is 0 Å². The summed E-state index contributed by atoms with van der Waals surface area (Å²) in [7, 11) is -2.62. The average molecular weight is 248 g/mol. The van der Waals surface area contributed by atoms with Crippen molar-refractivity contribution in [3.63, 3.8) is 0 Å². The summed E-state index contributed by atoms with van der Waals surface area (Å²) in [6.45, 7) is 1.25. The van der Waals surface area contributed by atoms with Gasteiger partial charge in [-0.15, -0.1) is 0 Å². The van der Waals surface area contributed by atoms with Gasteiger partial charge in [-0.25, -0.2) is 4.79 Å². The Morgan fingerprint density at radius 2 is 1.56 bits per heavy atom. The SMILES string of the molecule is CC(O)(C(=O)O)c1ccccc1.OP(O)O. The minimum atomic E-state index is -2.62. The molecule has 1 aromatic carbocycles. The summed E-state index contributed by atoms with van der Waals surface area (Å²) in [6.07, 6.45) is 0. The van der Waals surface area contributed by atoms with E-state index in [0.717, 1.165) is 0 Å². The van der Waals surface area contributed by atoms with Crippen LogP contribution in [0.25, 0.3) is 0 Å². The first-order valence-electron chi connectivity index (χ1n) is 4.16. The van der Waals surface area contributed by atoms with Crippen LogP contribution in [0.5, 0.6) is 0 Å². The maximum absolute atomic E-state index is 10.6.